The topological polar surface area (TPSA) is 111 Å². The summed E-state index contributed by atoms with van der Waals surface area (Å²) in [6.45, 7) is 1.68. The highest BCUT2D eigenvalue weighted by atomic mass is 16.2. The molecule has 0 bridgehead atoms. The Morgan fingerprint density at radius 2 is 1.97 bits per heavy atom. The van der Waals surface area contributed by atoms with Crippen molar-refractivity contribution in [2.24, 2.45) is 5.92 Å². The molecule has 1 atom stereocenters. The quantitative estimate of drug-likeness (QED) is 0.619. The number of carbonyl (C=O) groups excluding carboxylic acids is 3. The van der Waals surface area contributed by atoms with Gasteiger partial charge in [-0.3, -0.25) is 19.1 Å². The smallest absolute Gasteiger partial charge is 0.277 e. The van der Waals surface area contributed by atoms with Gasteiger partial charge in [0, 0.05) is 37.9 Å². The lowest BCUT2D eigenvalue weighted by molar-refractivity contribution is -0.126. The molecule has 2 aromatic carbocycles. The van der Waals surface area contributed by atoms with E-state index in [1.807, 2.05) is 37.4 Å². The highest BCUT2D eigenvalue weighted by Gasteiger charge is 2.32. The van der Waals surface area contributed by atoms with E-state index >= 15 is 0 Å². The number of amides is 3. The fourth-order valence-electron chi connectivity index (χ4n) is 4.72. The average Bonchev–Trinajstić information content (AvgIpc) is 3.43. The molecule has 2 aliphatic heterocycles. The van der Waals surface area contributed by atoms with Gasteiger partial charge in [-0.25, -0.2) is 0 Å². The van der Waals surface area contributed by atoms with E-state index in [1.54, 1.807) is 38.7 Å². The van der Waals surface area contributed by atoms with Crippen LogP contribution in [0.15, 0.2) is 54.7 Å². The largest absolute Gasteiger partial charge is 0.345 e. The molecule has 9 nitrogen and oxygen atoms in total. The van der Waals surface area contributed by atoms with E-state index in [0.29, 0.717) is 36.7 Å². The maximum atomic E-state index is 13.4. The van der Waals surface area contributed by atoms with Crippen molar-refractivity contribution >= 4 is 29.1 Å². The van der Waals surface area contributed by atoms with Crippen molar-refractivity contribution in [3.05, 3.63) is 77.1 Å². The Morgan fingerprint density at radius 3 is 2.69 bits per heavy atom. The lowest BCUT2D eigenvalue weighted by Gasteiger charge is -2.28. The number of likely N-dealkylation sites (tertiary alicyclic amines) is 1. The van der Waals surface area contributed by atoms with Crippen LogP contribution in [-0.4, -0.2) is 52.5 Å². The first-order chi connectivity index (χ1) is 16.9. The number of rotatable bonds is 5. The van der Waals surface area contributed by atoms with Crippen LogP contribution in [-0.2, 0) is 17.8 Å². The van der Waals surface area contributed by atoms with Crippen LogP contribution in [0.2, 0.25) is 0 Å². The van der Waals surface area contributed by atoms with Gasteiger partial charge in [-0.15, -0.1) is 0 Å². The van der Waals surface area contributed by atoms with Crippen molar-refractivity contribution in [3.63, 3.8) is 0 Å². The zero-order valence-electron chi connectivity index (χ0n) is 19.3. The van der Waals surface area contributed by atoms with Crippen LogP contribution >= 0.6 is 0 Å². The molecule has 9 heteroatoms. The summed E-state index contributed by atoms with van der Waals surface area (Å²) in [6, 6.07) is 16.4. The molecule has 1 N–H and O–H groups in total. The van der Waals surface area contributed by atoms with Gasteiger partial charge in [-0.2, -0.15) is 10.4 Å². The van der Waals surface area contributed by atoms with Gasteiger partial charge >= 0.3 is 0 Å². The molecule has 0 spiro atoms. The Kier molecular flexibility index (Phi) is 5.79. The predicted octanol–water partition coefficient (Wildman–Crippen LogP) is 2.69. The summed E-state index contributed by atoms with van der Waals surface area (Å²) in [7, 11) is 1.83. The van der Waals surface area contributed by atoms with Gasteiger partial charge in [0.2, 0.25) is 5.91 Å². The Bertz CT molecular complexity index is 1350. The minimum absolute atomic E-state index is 0.180. The third-order valence-corrected chi connectivity index (χ3v) is 6.51. The van der Waals surface area contributed by atoms with Crippen molar-refractivity contribution in [1.29, 1.82) is 5.26 Å². The first-order valence-corrected chi connectivity index (χ1v) is 11.4. The molecule has 0 saturated carbocycles. The van der Waals surface area contributed by atoms with Crippen LogP contribution < -0.4 is 10.2 Å². The van der Waals surface area contributed by atoms with E-state index in [9.17, 15) is 14.4 Å². The second-order valence-corrected chi connectivity index (χ2v) is 8.95. The minimum Gasteiger partial charge on any atom is -0.345 e. The van der Waals surface area contributed by atoms with Crippen molar-refractivity contribution in [2.75, 3.05) is 30.4 Å². The van der Waals surface area contributed by atoms with Gasteiger partial charge in [0.1, 0.15) is 5.69 Å². The minimum atomic E-state index is -0.456. The fourth-order valence-corrected chi connectivity index (χ4v) is 4.72. The molecule has 1 saturated heterocycles. The molecular formula is C26H24N6O3. The third kappa shape index (κ3) is 4.38. The molecule has 3 aromatic rings. The Hall–Kier alpha value is -4.45. The second-order valence-electron chi connectivity index (χ2n) is 8.95. The van der Waals surface area contributed by atoms with E-state index in [2.05, 4.69) is 10.4 Å². The SMILES string of the molecule is CN1CC(Cc2ccc(N3CCn4ncc(C(=O)Nc5cccc(C#N)c5)c4C3=O)cc2)CC1=O. The molecule has 1 aromatic heterocycles. The highest BCUT2D eigenvalue weighted by Crippen LogP contribution is 2.26. The molecule has 3 amide bonds. The molecule has 176 valence electrons. The normalized spacial score (nSPS) is 17.3. The first-order valence-electron chi connectivity index (χ1n) is 11.4. The number of hydrogen-bond acceptors (Lipinski definition) is 5. The van der Waals surface area contributed by atoms with Gasteiger partial charge in [0.05, 0.1) is 29.9 Å². The van der Waals surface area contributed by atoms with Gasteiger partial charge in [-0.1, -0.05) is 18.2 Å². The van der Waals surface area contributed by atoms with Crippen LogP contribution in [0.25, 0.3) is 0 Å². The fraction of sp³-hybridized carbons (Fsp3) is 0.269. The summed E-state index contributed by atoms with van der Waals surface area (Å²) in [5.74, 6) is -0.262. The van der Waals surface area contributed by atoms with E-state index in [1.165, 1.54) is 6.20 Å². The molecule has 3 heterocycles. The van der Waals surface area contributed by atoms with Crippen molar-refractivity contribution in [3.8, 4) is 6.07 Å². The Balaban J connectivity index is 1.31. The molecule has 1 unspecified atom stereocenters. The number of aromatic nitrogens is 2. The molecule has 5 rings (SSSR count). The Labute approximate surface area is 202 Å². The Morgan fingerprint density at radius 1 is 1.17 bits per heavy atom. The van der Waals surface area contributed by atoms with E-state index < -0.39 is 5.91 Å². The van der Waals surface area contributed by atoms with E-state index in [-0.39, 0.29) is 23.1 Å². The van der Waals surface area contributed by atoms with Gasteiger partial charge in [0.25, 0.3) is 11.8 Å². The van der Waals surface area contributed by atoms with E-state index in [4.69, 9.17) is 5.26 Å². The molecule has 0 radical (unpaired) electrons. The molecule has 2 aliphatic rings. The van der Waals surface area contributed by atoms with Crippen molar-refractivity contribution in [1.82, 2.24) is 14.7 Å². The highest BCUT2D eigenvalue weighted by molar-refractivity contribution is 6.15. The summed E-state index contributed by atoms with van der Waals surface area (Å²) >= 11 is 0. The van der Waals surface area contributed by atoms with Gasteiger partial charge < -0.3 is 15.1 Å². The van der Waals surface area contributed by atoms with E-state index in [0.717, 1.165) is 24.2 Å². The number of fused-ring (bicyclic) bond motifs is 1. The standard InChI is InChI=1S/C26H24N6O3/c1-30-16-19(13-23(30)33)11-17-5-7-21(8-6-17)31-9-10-32-24(26(31)35)22(15-28-32)25(34)29-20-4-2-3-18(12-20)14-27/h2-8,12,15,19H,9-11,13,16H2,1H3,(H,29,34). The maximum absolute atomic E-state index is 13.4. The number of carbonyl (C=O) groups is 3. The van der Waals surface area contributed by atoms with Crippen molar-refractivity contribution < 1.29 is 14.4 Å². The molecular weight excluding hydrogens is 444 g/mol. The van der Waals surface area contributed by atoms with Crippen LogP contribution in [0.5, 0.6) is 0 Å². The monoisotopic (exact) mass is 468 g/mol. The predicted molar refractivity (Wildman–Crippen MR) is 129 cm³/mol. The number of benzene rings is 2. The number of nitrogens with zero attached hydrogens (tertiary/aromatic N) is 5. The zero-order chi connectivity index (χ0) is 24.5. The van der Waals surface area contributed by atoms with Crippen LogP contribution in [0.3, 0.4) is 0 Å². The maximum Gasteiger partial charge on any atom is 0.277 e. The second kappa shape index (κ2) is 9.06. The summed E-state index contributed by atoms with van der Waals surface area (Å²) in [5, 5.41) is 16.1. The van der Waals surface area contributed by atoms with Crippen LogP contribution in [0.1, 0.15) is 38.4 Å². The zero-order valence-corrected chi connectivity index (χ0v) is 19.3. The molecule has 35 heavy (non-hydrogen) atoms. The summed E-state index contributed by atoms with van der Waals surface area (Å²) in [5.41, 5.74) is 3.20. The molecule has 0 aliphatic carbocycles. The lowest BCUT2D eigenvalue weighted by Crippen LogP contribution is -2.41. The number of nitriles is 1. The number of anilines is 2. The molecule has 1 fully saturated rings. The van der Waals surface area contributed by atoms with Crippen LogP contribution in [0, 0.1) is 17.2 Å². The summed E-state index contributed by atoms with van der Waals surface area (Å²) in [6.07, 6.45) is 2.79. The van der Waals surface area contributed by atoms with Crippen LogP contribution in [0.4, 0.5) is 11.4 Å². The number of nitrogens with one attached hydrogen (secondary N) is 1. The first kappa shape index (κ1) is 22.3. The average molecular weight is 469 g/mol. The summed E-state index contributed by atoms with van der Waals surface area (Å²) < 4.78 is 1.56. The number of hydrogen-bond donors (Lipinski definition) is 1. The third-order valence-electron chi connectivity index (χ3n) is 6.51. The van der Waals surface area contributed by atoms with Crippen molar-refractivity contribution in [2.45, 2.75) is 19.4 Å². The van der Waals surface area contributed by atoms with Gasteiger partial charge in [-0.05, 0) is 48.2 Å². The summed E-state index contributed by atoms with van der Waals surface area (Å²) in [4.78, 5) is 41.5. The lowest BCUT2D eigenvalue weighted by atomic mass is 9.98. The van der Waals surface area contributed by atoms with Gasteiger partial charge in [0.15, 0.2) is 0 Å².